The molecule has 2 aromatic carbocycles. The summed E-state index contributed by atoms with van der Waals surface area (Å²) in [5.74, 6) is -2.15. The largest absolute Gasteiger partial charge is 0.340 e. The van der Waals surface area contributed by atoms with Gasteiger partial charge in [-0.1, -0.05) is 55.8 Å². The average molecular weight is 442 g/mol. The van der Waals surface area contributed by atoms with Crippen molar-refractivity contribution in [2.45, 2.75) is 19.9 Å². The van der Waals surface area contributed by atoms with Gasteiger partial charge in [-0.2, -0.15) is 5.10 Å². The quantitative estimate of drug-likeness (QED) is 0.448. The molecule has 3 rings (SSSR count). The summed E-state index contributed by atoms with van der Waals surface area (Å²) < 4.78 is 0. The molecule has 1 atom stereocenters. The number of hydrogen-bond acceptors (Lipinski definition) is 5. The fraction of sp³-hybridized carbons (Fsp3) is 0.190. The van der Waals surface area contributed by atoms with Crippen LogP contribution in [-0.4, -0.2) is 34.0 Å². The van der Waals surface area contributed by atoms with E-state index in [1.807, 2.05) is 0 Å². The number of aromatic amines is 1. The topological polar surface area (TPSA) is 133 Å². The normalized spacial score (nSPS) is 11.7. The molecule has 160 valence electrons. The second-order valence-electron chi connectivity index (χ2n) is 7.07. The SMILES string of the molecule is CC(C)[C@H](NC(=O)c1ccccc1Cl)C(=O)NNC(=O)c1n[nH]c(=O)c2ccccc12. The number of hydrogen-bond donors (Lipinski definition) is 4. The summed E-state index contributed by atoms with van der Waals surface area (Å²) in [5.41, 5.74) is 4.31. The second-order valence-corrected chi connectivity index (χ2v) is 7.47. The highest BCUT2D eigenvalue weighted by Crippen LogP contribution is 2.15. The summed E-state index contributed by atoms with van der Waals surface area (Å²) in [6, 6.07) is 12.0. The fourth-order valence-electron chi connectivity index (χ4n) is 2.94. The summed E-state index contributed by atoms with van der Waals surface area (Å²) >= 11 is 6.04. The molecule has 3 amide bonds. The lowest BCUT2D eigenvalue weighted by atomic mass is 10.0. The number of carbonyl (C=O) groups is 3. The van der Waals surface area contributed by atoms with Gasteiger partial charge in [-0.25, -0.2) is 5.10 Å². The van der Waals surface area contributed by atoms with Crippen LogP contribution >= 0.6 is 11.6 Å². The second kappa shape index (κ2) is 9.40. The molecule has 0 saturated heterocycles. The van der Waals surface area contributed by atoms with E-state index in [9.17, 15) is 19.2 Å². The molecular formula is C21H20ClN5O4. The van der Waals surface area contributed by atoms with Gasteiger partial charge in [-0.3, -0.25) is 30.0 Å². The summed E-state index contributed by atoms with van der Waals surface area (Å²) in [6.45, 7) is 3.49. The van der Waals surface area contributed by atoms with E-state index in [0.717, 1.165) is 0 Å². The first kappa shape index (κ1) is 22.0. The molecule has 0 aliphatic heterocycles. The molecule has 31 heavy (non-hydrogen) atoms. The lowest BCUT2D eigenvalue weighted by Crippen LogP contribution is -2.54. The molecule has 0 aliphatic carbocycles. The molecule has 1 aromatic heterocycles. The Balaban J connectivity index is 1.71. The van der Waals surface area contributed by atoms with Crippen LogP contribution in [0.1, 0.15) is 34.7 Å². The fourth-order valence-corrected chi connectivity index (χ4v) is 3.16. The van der Waals surface area contributed by atoms with Crippen LogP contribution in [0.15, 0.2) is 53.3 Å². The van der Waals surface area contributed by atoms with Gasteiger partial charge in [0, 0.05) is 5.39 Å². The van der Waals surface area contributed by atoms with Gasteiger partial charge in [0.1, 0.15) is 6.04 Å². The van der Waals surface area contributed by atoms with Crippen molar-refractivity contribution < 1.29 is 14.4 Å². The molecule has 10 heteroatoms. The van der Waals surface area contributed by atoms with Gasteiger partial charge in [-0.05, 0) is 24.1 Å². The molecule has 0 aliphatic rings. The minimum atomic E-state index is -0.940. The minimum Gasteiger partial charge on any atom is -0.340 e. The van der Waals surface area contributed by atoms with Crippen molar-refractivity contribution in [1.82, 2.24) is 26.4 Å². The van der Waals surface area contributed by atoms with E-state index in [2.05, 4.69) is 26.4 Å². The maximum absolute atomic E-state index is 12.6. The van der Waals surface area contributed by atoms with E-state index >= 15 is 0 Å². The third-order valence-corrected chi connectivity index (χ3v) is 4.89. The Morgan fingerprint density at radius 2 is 1.58 bits per heavy atom. The maximum Gasteiger partial charge on any atom is 0.290 e. The summed E-state index contributed by atoms with van der Waals surface area (Å²) in [7, 11) is 0. The number of aromatic nitrogens is 2. The molecule has 0 unspecified atom stereocenters. The number of nitrogens with one attached hydrogen (secondary N) is 4. The number of halogens is 1. The predicted octanol–water partition coefficient (Wildman–Crippen LogP) is 1.79. The highest BCUT2D eigenvalue weighted by molar-refractivity contribution is 6.33. The number of benzene rings is 2. The van der Waals surface area contributed by atoms with E-state index in [0.29, 0.717) is 10.8 Å². The van der Waals surface area contributed by atoms with Crippen molar-refractivity contribution in [3.63, 3.8) is 0 Å². The van der Waals surface area contributed by atoms with Crippen LogP contribution in [0.5, 0.6) is 0 Å². The zero-order chi connectivity index (χ0) is 22.5. The first-order chi connectivity index (χ1) is 14.8. The number of H-pyrrole nitrogens is 1. The van der Waals surface area contributed by atoms with E-state index < -0.39 is 29.3 Å². The Labute approximate surface area is 182 Å². The average Bonchev–Trinajstić information content (AvgIpc) is 2.76. The van der Waals surface area contributed by atoms with Gasteiger partial charge in [0.2, 0.25) is 0 Å². The maximum atomic E-state index is 12.6. The lowest BCUT2D eigenvalue weighted by Gasteiger charge is -2.22. The molecule has 0 radical (unpaired) electrons. The van der Waals surface area contributed by atoms with Crippen molar-refractivity contribution in [1.29, 1.82) is 0 Å². The number of rotatable bonds is 5. The standard InChI is InChI=1S/C21H20ClN5O4/c1-11(2)16(23-18(28)14-9-5-6-10-15(14)22)20(30)26-27-21(31)17-12-7-3-4-8-13(12)19(29)25-24-17/h3-11,16H,1-2H3,(H,23,28)(H,25,29)(H,26,30)(H,27,31)/t16-/m0/s1. The highest BCUT2D eigenvalue weighted by Gasteiger charge is 2.26. The lowest BCUT2D eigenvalue weighted by molar-refractivity contribution is -0.124. The molecule has 0 fully saturated rings. The van der Waals surface area contributed by atoms with Gasteiger partial charge in [0.15, 0.2) is 5.69 Å². The molecule has 0 spiro atoms. The molecule has 0 saturated carbocycles. The summed E-state index contributed by atoms with van der Waals surface area (Å²) in [4.78, 5) is 49.6. The van der Waals surface area contributed by atoms with Crippen LogP contribution in [-0.2, 0) is 4.79 Å². The van der Waals surface area contributed by atoms with Crippen molar-refractivity contribution in [3.05, 3.63) is 75.2 Å². The van der Waals surface area contributed by atoms with Gasteiger partial charge >= 0.3 is 0 Å². The van der Waals surface area contributed by atoms with E-state index in [-0.39, 0.29) is 22.2 Å². The predicted molar refractivity (Wildman–Crippen MR) is 116 cm³/mol. The molecular weight excluding hydrogens is 422 g/mol. The van der Waals surface area contributed by atoms with Gasteiger partial charge in [-0.15, -0.1) is 0 Å². The Hall–Kier alpha value is -3.72. The Morgan fingerprint density at radius 3 is 2.26 bits per heavy atom. The van der Waals surface area contributed by atoms with Crippen molar-refractivity contribution in [2.24, 2.45) is 5.92 Å². The van der Waals surface area contributed by atoms with Crippen LogP contribution in [0.4, 0.5) is 0 Å². The molecule has 1 heterocycles. The molecule has 0 bridgehead atoms. The monoisotopic (exact) mass is 441 g/mol. The number of amides is 3. The van der Waals surface area contributed by atoms with Gasteiger partial charge in [0.25, 0.3) is 23.3 Å². The zero-order valence-corrected chi connectivity index (χ0v) is 17.5. The van der Waals surface area contributed by atoms with Gasteiger partial charge in [0.05, 0.1) is 16.0 Å². The number of nitrogens with zero attached hydrogens (tertiary/aromatic N) is 1. The smallest absolute Gasteiger partial charge is 0.290 e. The third kappa shape index (κ3) is 4.89. The van der Waals surface area contributed by atoms with Crippen molar-refractivity contribution in [3.8, 4) is 0 Å². The van der Waals surface area contributed by atoms with E-state index in [4.69, 9.17) is 11.6 Å². The Morgan fingerprint density at radius 1 is 0.935 bits per heavy atom. The van der Waals surface area contributed by atoms with Gasteiger partial charge < -0.3 is 5.32 Å². The van der Waals surface area contributed by atoms with Crippen LogP contribution < -0.4 is 21.7 Å². The third-order valence-electron chi connectivity index (χ3n) is 4.56. The first-order valence-electron chi connectivity index (χ1n) is 9.42. The van der Waals surface area contributed by atoms with Crippen LogP contribution in [0, 0.1) is 5.92 Å². The van der Waals surface area contributed by atoms with E-state index in [1.54, 1.807) is 62.4 Å². The minimum absolute atomic E-state index is 0.0586. The Bertz CT molecular complexity index is 1210. The highest BCUT2D eigenvalue weighted by atomic mass is 35.5. The van der Waals surface area contributed by atoms with Crippen LogP contribution in [0.2, 0.25) is 5.02 Å². The molecule has 4 N–H and O–H groups in total. The first-order valence-corrected chi connectivity index (χ1v) is 9.80. The van der Waals surface area contributed by atoms with Crippen LogP contribution in [0.25, 0.3) is 10.8 Å². The summed E-state index contributed by atoms with van der Waals surface area (Å²) in [5, 5.41) is 9.54. The number of carbonyl (C=O) groups excluding carboxylic acids is 3. The number of fused-ring (bicyclic) bond motifs is 1. The molecule has 3 aromatic rings. The Kier molecular flexibility index (Phi) is 6.66. The summed E-state index contributed by atoms with van der Waals surface area (Å²) in [6.07, 6.45) is 0. The van der Waals surface area contributed by atoms with Crippen LogP contribution in [0.3, 0.4) is 0 Å². The zero-order valence-electron chi connectivity index (χ0n) is 16.7. The molecule has 9 nitrogen and oxygen atoms in total. The number of hydrazine groups is 1. The van der Waals surface area contributed by atoms with Crippen molar-refractivity contribution >= 4 is 40.1 Å². The van der Waals surface area contributed by atoms with E-state index in [1.165, 1.54) is 0 Å². The van der Waals surface area contributed by atoms with Crippen molar-refractivity contribution in [2.75, 3.05) is 0 Å².